The normalized spacial score (nSPS) is 16.5. The van der Waals surface area contributed by atoms with Crippen LogP contribution in [-0.4, -0.2) is 123 Å². The number of ether oxygens (including phenoxy) is 4. The highest BCUT2D eigenvalue weighted by atomic mass is 16.6. The molecule has 10 rings (SSSR count). The first-order chi connectivity index (χ1) is 35.2. The van der Waals surface area contributed by atoms with Crippen molar-refractivity contribution in [2.45, 2.75) is 117 Å². The largest absolute Gasteiger partial charge is 0.482 e. The highest BCUT2D eigenvalue weighted by molar-refractivity contribution is 5.87. The van der Waals surface area contributed by atoms with Crippen LogP contribution in [-0.2, 0) is 32.2 Å². The molecule has 4 aliphatic rings. The zero-order valence-electron chi connectivity index (χ0n) is 43.2. The smallest absolute Gasteiger partial charge is 0.410 e. The molecule has 2 saturated heterocycles. The van der Waals surface area contributed by atoms with Crippen molar-refractivity contribution < 1.29 is 38.1 Å². The molecule has 18 heteroatoms. The third-order valence-electron chi connectivity index (χ3n) is 12.9. The number of hydrogen-bond donors (Lipinski definition) is 0. The minimum absolute atomic E-state index is 0.0227. The number of benzene rings is 4. The van der Waals surface area contributed by atoms with Crippen molar-refractivity contribution in [1.82, 2.24) is 50.2 Å². The van der Waals surface area contributed by atoms with Gasteiger partial charge in [0.2, 0.25) is 5.82 Å². The van der Waals surface area contributed by atoms with E-state index in [1.165, 1.54) is 23.3 Å². The van der Waals surface area contributed by atoms with Crippen LogP contribution < -0.4 is 9.47 Å². The van der Waals surface area contributed by atoms with Gasteiger partial charge < -0.3 is 28.7 Å². The summed E-state index contributed by atoms with van der Waals surface area (Å²) >= 11 is 0. The predicted molar refractivity (Wildman–Crippen MR) is 276 cm³/mol. The molecule has 2 spiro atoms. The van der Waals surface area contributed by atoms with E-state index in [1.54, 1.807) is 9.80 Å². The molecule has 6 aromatic rings. The van der Waals surface area contributed by atoms with E-state index < -0.39 is 22.4 Å². The fraction of sp³-hybridized carbons (Fsp3) is 0.393. The van der Waals surface area contributed by atoms with Gasteiger partial charge in [-0.2, -0.15) is 4.80 Å². The van der Waals surface area contributed by atoms with Crippen LogP contribution in [0.5, 0.6) is 11.5 Å². The number of carbonyl (C=O) groups excluding carboxylic acids is 4. The van der Waals surface area contributed by atoms with E-state index in [9.17, 15) is 19.2 Å². The Morgan fingerprint density at radius 1 is 0.568 bits per heavy atom. The molecule has 0 N–H and O–H groups in total. The second kappa shape index (κ2) is 20.5. The van der Waals surface area contributed by atoms with Crippen LogP contribution in [0.15, 0.2) is 109 Å². The summed E-state index contributed by atoms with van der Waals surface area (Å²) < 4.78 is 25.8. The lowest BCUT2D eigenvalue weighted by atomic mass is 9.82. The summed E-state index contributed by atoms with van der Waals surface area (Å²) in [6.45, 7) is 16.6. The number of Topliss-reactive ketones (excluding diaryl/α,β-unsaturated/α-hetero) is 2. The number of ketones is 2. The Morgan fingerprint density at radius 3 is 1.51 bits per heavy atom. The number of carbonyl (C=O) groups is 4. The molecule has 74 heavy (non-hydrogen) atoms. The van der Waals surface area contributed by atoms with Gasteiger partial charge in [-0.05, 0) is 130 Å². The van der Waals surface area contributed by atoms with Crippen molar-refractivity contribution in [2.75, 3.05) is 26.2 Å². The molecule has 0 bridgehead atoms. The number of fused-ring (bicyclic) bond motifs is 2. The van der Waals surface area contributed by atoms with Crippen molar-refractivity contribution in [3.05, 3.63) is 131 Å². The lowest BCUT2D eigenvalue weighted by Gasteiger charge is -2.43. The topological polar surface area (TPSA) is 199 Å². The van der Waals surface area contributed by atoms with Crippen LogP contribution >= 0.6 is 0 Å². The molecule has 2 aromatic heterocycles. The van der Waals surface area contributed by atoms with Crippen LogP contribution in [0.3, 0.4) is 0 Å². The van der Waals surface area contributed by atoms with Crippen molar-refractivity contribution in [2.24, 2.45) is 0 Å². The Morgan fingerprint density at radius 2 is 1.03 bits per heavy atom. The number of rotatable bonds is 8. The summed E-state index contributed by atoms with van der Waals surface area (Å²) in [6.07, 6.45) is 6.43. The second-order valence-corrected chi connectivity index (χ2v) is 21.2. The summed E-state index contributed by atoms with van der Waals surface area (Å²) in [6, 6.07) is 32.0. The molecule has 4 aromatic carbocycles. The van der Waals surface area contributed by atoms with E-state index in [2.05, 4.69) is 67.4 Å². The maximum absolute atomic E-state index is 12.6. The van der Waals surface area contributed by atoms with E-state index in [0.29, 0.717) is 63.5 Å². The Bertz CT molecular complexity index is 3140. The van der Waals surface area contributed by atoms with Crippen LogP contribution in [0.4, 0.5) is 9.59 Å². The Labute approximate surface area is 430 Å². The van der Waals surface area contributed by atoms with E-state index in [-0.39, 0.29) is 36.8 Å². The van der Waals surface area contributed by atoms with Gasteiger partial charge in [-0.1, -0.05) is 72.8 Å². The molecule has 0 atom stereocenters. The lowest BCUT2D eigenvalue weighted by Crippen LogP contribution is -2.50. The van der Waals surface area contributed by atoms with Crippen molar-refractivity contribution in [3.8, 4) is 34.3 Å². The van der Waals surface area contributed by atoms with Gasteiger partial charge in [-0.3, -0.25) is 9.59 Å². The zero-order chi connectivity index (χ0) is 52.4. The quantitative estimate of drug-likeness (QED) is 0.140. The van der Waals surface area contributed by atoms with E-state index in [1.807, 2.05) is 114 Å². The molecule has 384 valence electrons. The molecule has 2 fully saturated rings. The second-order valence-electron chi connectivity index (χ2n) is 21.2. The fourth-order valence-electron chi connectivity index (χ4n) is 9.50. The summed E-state index contributed by atoms with van der Waals surface area (Å²) in [4.78, 5) is 53.2. The SMILES string of the molecule is CC(=O)Cn1nnc(-c2cccc(C3=CC4(CCN(C(=O)OC(C)(C)C)CC4)Oc4ccccc43)c2)n1.CC(=O)Cn1nnnc1-c1cccc(C2=CC3(CCN(C(=O)OC(C)(C)C)CC3)Oc3ccccc32)c1. The van der Waals surface area contributed by atoms with Gasteiger partial charge in [0, 0.05) is 74.1 Å². The maximum Gasteiger partial charge on any atom is 0.410 e. The molecular formula is C56H62N10O8. The van der Waals surface area contributed by atoms with E-state index in [4.69, 9.17) is 18.9 Å². The number of para-hydroxylation sites is 2. The van der Waals surface area contributed by atoms with E-state index >= 15 is 0 Å². The fourth-order valence-corrected chi connectivity index (χ4v) is 9.50. The van der Waals surface area contributed by atoms with Gasteiger partial charge in [0.25, 0.3) is 0 Å². The monoisotopic (exact) mass is 1000 g/mol. The lowest BCUT2D eigenvalue weighted by molar-refractivity contribution is -0.118. The summed E-state index contributed by atoms with van der Waals surface area (Å²) in [5, 5.41) is 24.4. The molecule has 18 nitrogen and oxygen atoms in total. The van der Waals surface area contributed by atoms with Gasteiger partial charge in [-0.15, -0.1) is 15.3 Å². The minimum Gasteiger partial charge on any atom is -0.482 e. The van der Waals surface area contributed by atoms with Gasteiger partial charge in [0.1, 0.15) is 47.0 Å². The summed E-state index contributed by atoms with van der Waals surface area (Å²) in [5.41, 5.74) is 5.64. The molecule has 6 heterocycles. The van der Waals surface area contributed by atoms with Crippen LogP contribution in [0.2, 0.25) is 0 Å². The van der Waals surface area contributed by atoms with Gasteiger partial charge >= 0.3 is 12.2 Å². The van der Waals surface area contributed by atoms with Gasteiger partial charge in [-0.25, -0.2) is 14.3 Å². The molecule has 0 saturated carbocycles. The highest BCUT2D eigenvalue weighted by Gasteiger charge is 2.42. The van der Waals surface area contributed by atoms with Crippen LogP contribution in [0.25, 0.3) is 33.9 Å². The van der Waals surface area contributed by atoms with Gasteiger partial charge in [0.15, 0.2) is 17.4 Å². The zero-order valence-corrected chi connectivity index (χ0v) is 43.2. The van der Waals surface area contributed by atoms with Crippen LogP contribution in [0, 0.1) is 0 Å². The Hall–Kier alpha value is -8.02. The first-order valence-corrected chi connectivity index (χ1v) is 25.0. The number of tetrazole rings is 2. The number of hydrogen-bond acceptors (Lipinski definition) is 14. The number of piperidine rings is 2. The number of aromatic nitrogens is 8. The molecule has 4 aliphatic heterocycles. The molecule has 0 radical (unpaired) electrons. The summed E-state index contributed by atoms with van der Waals surface area (Å²) in [7, 11) is 0. The molecular weight excluding hydrogens is 941 g/mol. The Balaban J connectivity index is 0.000000182. The van der Waals surface area contributed by atoms with Crippen molar-refractivity contribution >= 4 is 34.9 Å². The third kappa shape index (κ3) is 11.7. The van der Waals surface area contributed by atoms with Crippen molar-refractivity contribution in [1.29, 1.82) is 0 Å². The van der Waals surface area contributed by atoms with Crippen molar-refractivity contribution in [3.63, 3.8) is 0 Å². The first kappa shape index (κ1) is 50.9. The first-order valence-electron chi connectivity index (χ1n) is 25.0. The standard InChI is InChI=1S/2C28H31N5O4/c1-19(34)18-33-25(29-30-31-33)21-9-7-8-20(16-21)23-17-28(36-24-11-6-5-10-22(23)24)12-14-32(15-13-28)26(35)37-27(2,3)4;1-19(34)18-33-30-25(29-31-33)21-9-7-8-20(16-21)23-17-28(36-24-11-6-5-10-22(23)24)12-14-32(15-13-28)26(35)37-27(2,3)4/h2*5-11,16-17H,12-15,18H2,1-4H3. The minimum atomic E-state index is -0.533. The summed E-state index contributed by atoms with van der Waals surface area (Å²) in [5.74, 6) is 2.58. The van der Waals surface area contributed by atoms with E-state index in [0.717, 1.165) is 56.0 Å². The highest BCUT2D eigenvalue weighted by Crippen LogP contribution is 2.45. The predicted octanol–water partition coefficient (Wildman–Crippen LogP) is 9.05. The Kier molecular flexibility index (Phi) is 14.1. The average Bonchev–Trinajstić information content (AvgIpc) is 4.02. The maximum atomic E-state index is 12.6. The average molecular weight is 1000 g/mol. The third-order valence-corrected chi connectivity index (χ3v) is 12.9. The molecule has 0 unspecified atom stereocenters. The molecule has 0 aliphatic carbocycles. The number of likely N-dealkylation sites (tertiary alicyclic amines) is 2. The molecule has 2 amide bonds. The number of nitrogens with zero attached hydrogens (tertiary/aromatic N) is 10. The van der Waals surface area contributed by atoms with Crippen LogP contribution in [0.1, 0.15) is 103 Å². The van der Waals surface area contributed by atoms with Gasteiger partial charge in [0.05, 0.1) is 0 Å². The number of amides is 2.